The van der Waals surface area contributed by atoms with Gasteiger partial charge in [-0.25, -0.2) is 0 Å². The minimum atomic E-state index is -0.462. The second-order valence-electron chi connectivity index (χ2n) is 6.82. The molecule has 0 saturated heterocycles. The van der Waals surface area contributed by atoms with E-state index in [9.17, 15) is 0 Å². The highest BCUT2D eigenvalue weighted by atomic mass is 16.5. The number of methoxy groups -OCH3 is 1. The fraction of sp³-hybridized carbons (Fsp3) is 0.778. The average molecular weight is 309 g/mol. The number of rotatable bonds is 7. The molecule has 22 heavy (non-hydrogen) atoms. The van der Waals surface area contributed by atoms with Crippen LogP contribution >= 0.6 is 0 Å². The third kappa shape index (κ3) is 5.40. The topological polar surface area (TPSA) is 19.0 Å². The summed E-state index contributed by atoms with van der Waals surface area (Å²) >= 11 is 0. The first kappa shape index (κ1) is 21.1. The Balaban J connectivity index is 5.51. The first-order chi connectivity index (χ1) is 10.0. The van der Waals surface area contributed by atoms with E-state index in [0.717, 1.165) is 12.8 Å². The summed E-state index contributed by atoms with van der Waals surface area (Å²) < 4.78 is 5.70. The molecule has 0 aromatic carbocycles. The van der Waals surface area contributed by atoms with Gasteiger partial charge in [0.1, 0.15) is 5.60 Å². The Morgan fingerprint density at radius 3 is 1.73 bits per heavy atom. The van der Waals surface area contributed by atoms with Crippen molar-refractivity contribution in [2.24, 2.45) is 0 Å². The highest BCUT2D eigenvalue weighted by Gasteiger charge is 2.36. The zero-order chi connectivity index (χ0) is 17.6. The summed E-state index contributed by atoms with van der Waals surface area (Å²) in [6, 6.07) is 0. The quantitative estimate of drug-likeness (QED) is 0.408. The molecular formula is C18H35N3O. The van der Waals surface area contributed by atoms with Crippen LogP contribution in [0.15, 0.2) is 11.6 Å². The maximum absolute atomic E-state index is 5.70. The van der Waals surface area contributed by atoms with Crippen molar-refractivity contribution in [1.29, 1.82) is 0 Å². The van der Waals surface area contributed by atoms with Gasteiger partial charge in [-0.3, -0.25) is 14.7 Å². The van der Waals surface area contributed by atoms with E-state index in [-0.39, 0.29) is 0 Å². The van der Waals surface area contributed by atoms with Gasteiger partial charge in [0.15, 0.2) is 5.79 Å². The highest BCUT2D eigenvalue weighted by Crippen LogP contribution is 2.21. The molecule has 0 saturated carbocycles. The lowest BCUT2D eigenvalue weighted by atomic mass is 9.99. The van der Waals surface area contributed by atoms with E-state index in [1.165, 1.54) is 5.57 Å². The van der Waals surface area contributed by atoms with Gasteiger partial charge in [-0.05, 0) is 81.8 Å². The van der Waals surface area contributed by atoms with Gasteiger partial charge >= 0.3 is 0 Å². The standard InChI is InChI=1S/C18H35N3O/c1-16(2)12-11-13-17(3,22-10)14-15-18(19(4)5,20(6)7)21(8)9/h12H,11,13H2,1-10H3. The molecule has 0 rings (SSSR count). The molecule has 0 aliphatic carbocycles. The minimum Gasteiger partial charge on any atom is -0.366 e. The Labute approximate surface area is 138 Å². The molecule has 0 aliphatic heterocycles. The predicted molar refractivity (Wildman–Crippen MR) is 95.6 cm³/mol. The molecule has 128 valence electrons. The van der Waals surface area contributed by atoms with Crippen molar-refractivity contribution in [3.63, 3.8) is 0 Å². The normalized spacial score (nSPS) is 14.8. The Kier molecular flexibility index (Phi) is 8.35. The lowest BCUT2D eigenvalue weighted by molar-refractivity contribution is -0.0578. The second kappa shape index (κ2) is 8.69. The summed E-state index contributed by atoms with van der Waals surface area (Å²) in [5.74, 6) is 6.36. The van der Waals surface area contributed by atoms with Crippen molar-refractivity contribution in [2.75, 3.05) is 49.4 Å². The number of hydrogen-bond acceptors (Lipinski definition) is 4. The van der Waals surface area contributed by atoms with Gasteiger partial charge in [0, 0.05) is 7.11 Å². The highest BCUT2D eigenvalue weighted by molar-refractivity contribution is 5.22. The van der Waals surface area contributed by atoms with Crippen LogP contribution in [0.3, 0.4) is 0 Å². The van der Waals surface area contributed by atoms with Crippen LogP contribution in [0.4, 0.5) is 0 Å². The van der Waals surface area contributed by atoms with Gasteiger partial charge < -0.3 is 4.74 Å². The van der Waals surface area contributed by atoms with Gasteiger partial charge in [-0.2, -0.15) is 0 Å². The fourth-order valence-corrected chi connectivity index (χ4v) is 2.60. The third-order valence-corrected chi connectivity index (χ3v) is 3.99. The van der Waals surface area contributed by atoms with Crippen molar-refractivity contribution in [3.8, 4) is 11.8 Å². The van der Waals surface area contributed by atoms with E-state index < -0.39 is 11.4 Å². The Morgan fingerprint density at radius 2 is 1.41 bits per heavy atom. The van der Waals surface area contributed by atoms with Crippen LogP contribution in [0.5, 0.6) is 0 Å². The Bertz CT molecular complexity index is 404. The van der Waals surface area contributed by atoms with Gasteiger partial charge in [0.05, 0.1) is 0 Å². The summed E-state index contributed by atoms with van der Waals surface area (Å²) in [6.45, 7) is 6.29. The molecule has 0 aromatic heterocycles. The van der Waals surface area contributed by atoms with Crippen LogP contribution in [0.2, 0.25) is 0 Å². The van der Waals surface area contributed by atoms with E-state index in [0.29, 0.717) is 0 Å². The van der Waals surface area contributed by atoms with Crippen molar-refractivity contribution in [2.45, 2.75) is 45.0 Å². The molecular weight excluding hydrogens is 274 g/mol. The second-order valence-corrected chi connectivity index (χ2v) is 6.82. The monoisotopic (exact) mass is 309 g/mol. The molecule has 0 bridgehead atoms. The summed E-state index contributed by atoms with van der Waals surface area (Å²) in [5.41, 5.74) is 0.884. The number of ether oxygens (including phenoxy) is 1. The van der Waals surface area contributed by atoms with Gasteiger partial charge in [0.25, 0.3) is 0 Å². The summed E-state index contributed by atoms with van der Waals surface area (Å²) in [4.78, 5) is 6.35. The molecule has 1 atom stereocenters. The molecule has 0 amide bonds. The molecule has 1 unspecified atom stereocenters. The van der Waals surface area contributed by atoms with E-state index in [2.05, 4.69) is 53.4 Å². The molecule has 4 nitrogen and oxygen atoms in total. The molecule has 0 fully saturated rings. The molecule has 0 N–H and O–H groups in total. The summed E-state index contributed by atoms with van der Waals surface area (Å²) in [7, 11) is 14.0. The average Bonchev–Trinajstić information content (AvgIpc) is 2.37. The first-order valence-corrected chi connectivity index (χ1v) is 7.77. The maximum atomic E-state index is 5.70. The lowest BCUT2D eigenvalue weighted by Gasteiger charge is -2.45. The van der Waals surface area contributed by atoms with Crippen LogP contribution < -0.4 is 0 Å². The van der Waals surface area contributed by atoms with Crippen LogP contribution in [0.25, 0.3) is 0 Å². The Morgan fingerprint density at radius 1 is 0.955 bits per heavy atom. The van der Waals surface area contributed by atoms with Gasteiger partial charge in [-0.15, -0.1) is 0 Å². The molecule has 0 heterocycles. The van der Waals surface area contributed by atoms with Crippen molar-refractivity contribution in [1.82, 2.24) is 14.7 Å². The molecule has 4 heteroatoms. The number of nitrogens with zero attached hydrogens (tertiary/aromatic N) is 3. The summed E-state index contributed by atoms with van der Waals surface area (Å²) in [6.07, 6.45) is 4.09. The Hall–Kier alpha value is -0.860. The third-order valence-electron chi connectivity index (χ3n) is 3.99. The van der Waals surface area contributed by atoms with Crippen molar-refractivity contribution >= 4 is 0 Å². The van der Waals surface area contributed by atoms with Gasteiger partial charge in [0.2, 0.25) is 0 Å². The number of allylic oxidation sites excluding steroid dienone is 2. The molecule has 0 aromatic rings. The smallest absolute Gasteiger partial charge is 0.195 e. The first-order valence-electron chi connectivity index (χ1n) is 7.77. The zero-order valence-electron chi connectivity index (χ0n) is 16.2. The van der Waals surface area contributed by atoms with Crippen molar-refractivity contribution < 1.29 is 4.74 Å². The van der Waals surface area contributed by atoms with Crippen LogP contribution in [-0.4, -0.2) is 75.5 Å². The van der Waals surface area contributed by atoms with Crippen molar-refractivity contribution in [3.05, 3.63) is 11.6 Å². The fourth-order valence-electron chi connectivity index (χ4n) is 2.60. The van der Waals surface area contributed by atoms with E-state index >= 15 is 0 Å². The molecule has 0 spiro atoms. The van der Waals surface area contributed by atoms with Gasteiger partial charge in [-0.1, -0.05) is 17.6 Å². The van der Waals surface area contributed by atoms with E-state index in [1.807, 2.05) is 42.3 Å². The lowest BCUT2D eigenvalue weighted by Crippen LogP contribution is -2.63. The maximum Gasteiger partial charge on any atom is 0.195 e. The van der Waals surface area contributed by atoms with Crippen LogP contribution in [0.1, 0.15) is 33.6 Å². The largest absolute Gasteiger partial charge is 0.366 e. The minimum absolute atomic E-state index is 0.445. The molecule has 0 radical (unpaired) electrons. The predicted octanol–water partition coefficient (Wildman–Crippen LogP) is 2.48. The number of hydrogen-bond donors (Lipinski definition) is 0. The van der Waals surface area contributed by atoms with E-state index in [1.54, 1.807) is 7.11 Å². The van der Waals surface area contributed by atoms with Crippen LogP contribution in [0, 0.1) is 11.8 Å². The summed E-state index contributed by atoms with van der Waals surface area (Å²) in [5, 5.41) is 0. The van der Waals surface area contributed by atoms with E-state index in [4.69, 9.17) is 4.74 Å². The molecule has 0 aliphatic rings. The van der Waals surface area contributed by atoms with Crippen LogP contribution in [-0.2, 0) is 4.74 Å². The zero-order valence-corrected chi connectivity index (χ0v) is 16.2. The SMILES string of the molecule is COC(C)(C#CC(N(C)C)(N(C)C)N(C)C)CCC=C(C)C.